The first-order chi connectivity index (χ1) is 8.92. The second kappa shape index (κ2) is 5.26. The quantitative estimate of drug-likeness (QED) is 0.659. The van der Waals surface area contributed by atoms with Crippen LogP contribution in [-0.2, 0) is 4.79 Å². The lowest BCUT2D eigenvalue weighted by Gasteiger charge is -2.21. The van der Waals surface area contributed by atoms with Gasteiger partial charge in [0.2, 0.25) is 5.91 Å². The van der Waals surface area contributed by atoms with Gasteiger partial charge in [0, 0.05) is 17.1 Å². The van der Waals surface area contributed by atoms with Crippen LogP contribution in [-0.4, -0.2) is 23.9 Å². The molecule has 0 radical (unpaired) electrons. The monoisotopic (exact) mass is 327 g/mol. The number of rotatable bonds is 3. The third-order valence-electron chi connectivity index (χ3n) is 3.32. The van der Waals surface area contributed by atoms with Crippen LogP contribution < -0.4 is 10.6 Å². The number of benzene rings is 1. The molecule has 1 fully saturated rings. The van der Waals surface area contributed by atoms with Crippen molar-refractivity contribution in [1.29, 1.82) is 0 Å². The summed E-state index contributed by atoms with van der Waals surface area (Å²) in [7, 11) is 0. The normalized spacial score (nSPS) is 22.2. The lowest BCUT2D eigenvalue weighted by molar-refractivity contribution is -0.384. The van der Waals surface area contributed by atoms with E-state index in [-0.39, 0.29) is 17.3 Å². The van der Waals surface area contributed by atoms with Crippen LogP contribution in [0.15, 0.2) is 22.7 Å². The van der Waals surface area contributed by atoms with Gasteiger partial charge in [-0.2, -0.15) is 0 Å². The van der Waals surface area contributed by atoms with E-state index in [2.05, 4.69) is 26.6 Å². The Morgan fingerprint density at radius 2 is 2.32 bits per heavy atom. The van der Waals surface area contributed by atoms with Gasteiger partial charge in [-0.3, -0.25) is 14.9 Å². The molecule has 19 heavy (non-hydrogen) atoms. The van der Waals surface area contributed by atoms with Crippen molar-refractivity contribution in [2.24, 2.45) is 5.41 Å². The molecule has 1 atom stereocenters. The molecule has 1 saturated heterocycles. The van der Waals surface area contributed by atoms with E-state index in [1.807, 2.05) is 6.92 Å². The van der Waals surface area contributed by atoms with Crippen LogP contribution in [0.2, 0.25) is 0 Å². The van der Waals surface area contributed by atoms with Crippen molar-refractivity contribution in [3.8, 4) is 0 Å². The summed E-state index contributed by atoms with van der Waals surface area (Å²) in [6, 6.07) is 4.58. The lowest BCUT2D eigenvalue weighted by atomic mass is 9.88. The summed E-state index contributed by atoms with van der Waals surface area (Å²) in [5.41, 5.74) is -0.399. The highest BCUT2D eigenvalue weighted by atomic mass is 79.9. The summed E-state index contributed by atoms with van der Waals surface area (Å²) in [5.74, 6) is -0.192. The molecule has 6 nitrogen and oxygen atoms in total. The molecule has 1 aromatic carbocycles. The fraction of sp³-hybridized carbons (Fsp3) is 0.417. The first-order valence-electron chi connectivity index (χ1n) is 5.88. The number of hydrogen-bond acceptors (Lipinski definition) is 4. The van der Waals surface area contributed by atoms with Gasteiger partial charge in [-0.05, 0) is 32.0 Å². The highest BCUT2D eigenvalue weighted by Gasteiger charge is 2.37. The Kier molecular flexibility index (Phi) is 3.86. The van der Waals surface area contributed by atoms with Gasteiger partial charge < -0.3 is 10.6 Å². The number of nitro groups is 1. The zero-order valence-electron chi connectivity index (χ0n) is 10.4. The molecule has 2 rings (SSSR count). The number of anilines is 1. The van der Waals surface area contributed by atoms with Crippen LogP contribution in [0.3, 0.4) is 0 Å². The van der Waals surface area contributed by atoms with Crippen molar-refractivity contribution in [3.63, 3.8) is 0 Å². The summed E-state index contributed by atoms with van der Waals surface area (Å²) < 4.78 is 0.603. The Hall–Kier alpha value is -1.47. The molecule has 1 heterocycles. The second-order valence-corrected chi connectivity index (χ2v) is 5.78. The van der Waals surface area contributed by atoms with Crippen molar-refractivity contribution in [3.05, 3.63) is 32.8 Å². The van der Waals surface area contributed by atoms with E-state index in [0.717, 1.165) is 13.0 Å². The van der Waals surface area contributed by atoms with Crippen LogP contribution in [0.1, 0.15) is 13.3 Å². The van der Waals surface area contributed by atoms with E-state index in [1.54, 1.807) is 6.07 Å². The van der Waals surface area contributed by atoms with E-state index in [4.69, 9.17) is 0 Å². The van der Waals surface area contributed by atoms with Gasteiger partial charge in [0.1, 0.15) is 5.69 Å². The van der Waals surface area contributed by atoms with Gasteiger partial charge in [-0.1, -0.05) is 15.9 Å². The number of hydrogen-bond donors (Lipinski definition) is 2. The highest BCUT2D eigenvalue weighted by molar-refractivity contribution is 9.10. The standard InChI is InChI=1S/C12H14BrN3O3/c1-12(4-5-14-7-12)11(17)15-9-3-2-8(13)6-10(9)16(18)19/h2-3,6,14H,4-5,7H2,1H3,(H,15,17). The van der Waals surface area contributed by atoms with Crippen molar-refractivity contribution in [2.45, 2.75) is 13.3 Å². The molecule has 0 spiro atoms. The maximum Gasteiger partial charge on any atom is 0.293 e. The van der Waals surface area contributed by atoms with Gasteiger partial charge in [0.25, 0.3) is 5.69 Å². The fourth-order valence-corrected chi connectivity index (χ4v) is 2.39. The number of amides is 1. The third-order valence-corrected chi connectivity index (χ3v) is 3.81. The molecule has 7 heteroatoms. The van der Waals surface area contributed by atoms with Gasteiger partial charge in [0.15, 0.2) is 0 Å². The molecule has 0 saturated carbocycles. The van der Waals surface area contributed by atoms with Gasteiger partial charge in [-0.25, -0.2) is 0 Å². The number of carbonyl (C=O) groups is 1. The molecule has 1 aliphatic heterocycles. The SMILES string of the molecule is CC1(C(=O)Nc2ccc(Br)cc2[N+](=O)[O-])CCNC1. The zero-order chi connectivity index (χ0) is 14.0. The fourth-order valence-electron chi connectivity index (χ4n) is 2.05. The summed E-state index contributed by atoms with van der Waals surface area (Å²) in [5, 5.41) is 16.8. The predicted octanol–water partition coefficient (Wildman–Crippen LogP) is 2.30. The zero-order valence-corrected chi connectivity index (χ0v) is 12.0. The van der Waals surface area contributed by atoms with E-state index < -0.39 is 10.3 Å². The highest BCUT2D eigenvalue weighted by Crippen LogP contribution is 2.31. The summed E-state index contributed by atoms with van der Waals surface area (Å²) in [4.78, 5) is 22.7. The Labute approximate surface area is 118 Å². The van der Waals surface area contributed by atoms with Crippen molar-refractivity contribution in [2.75, 3.05) is 18.4 Å². The Morgan fingerprint density at radius 1 is 1.58 bits per heavy atom. The number of halogens is 1. The van der Waals surface area contributed by atoms with Crippen LogP contribution >= 0.6 is 15.9 Å². The van der Waals surface area contributed by atoms with Crippen LogP contribution in [0.5, 0.6) is 0 Å². The third kappa shape index (κ3) is 2.93. The van der Waals surface area contributed by atoms with E-state index in [0.29, 0.717) is 11.0 Å². The van der Waals surface area contributed by atoms with Crippen LogP contribution in [0.25, 0.3) is 0 Å². The molecule has 102 valence electrons. The average Bonchev–Trinajstić information content (AvgIpc) is 2.79. The largest absolute Gasteiger partial charge is 0.320 e. The van der Waals surface area contributed by atoms with E-state index >= 15 is 0 Å². The molecule has 0 aromatic heterocycles. The van der Waals surface area contributed by atoms with Crippen molar-refractivity contribution in [1.82, 2.24) is 5.32 Å². The number of nitrogens with zero attached hydrogens (tertiary/aromatic N) is 1. The van der Waals surface area contributed by atoms with Crippen molar-refractivity contribution >= 4 is 33.2 Å². The molecule has 2 N–H and O–H groups in total. The van der Waals surface area contributed by atoms with Gasteiger partial charge in [-0.15, -0.1) is 0 Å². The summed E-state index contributed by atoms with van der Waals surface area (Å²) >= 11 is 3.18. The molecule has 1 aromatic rings. The van der Waals surface area contributed by atoms with Crippen LogP contribution in [0, 0.1) is 15.5 Å². The Bertz CT molecular complexity index is 527. The lowest BCUT2D eigenvalue weighted by Crippen LogP contribution is -2.35. The Balaban J connectivity index is 2.23. The smallest absolute Gasteiger partial charge is 0.293 e. The minimum Gasteiger partial charge on any atom is -0.320 e. The van der Waals surface area contributed by atoms with Crippen LogP contribution in [0.4, 0.5) is 11.4 Å². The second-order valence-electron chi connectivity index (χ2n) is 4.86. The molecule has 0 aliphatic carbocycles. The molecule has 1 unspecified atom stereocenters. The first-order valence-corrected chi connectivity index (χ1v) is 6.68. The minimum atomic E-state index is -0.513. The van der Waals surface area contributed by atoms with Gasteiger partial charge in [0.05, 0.1) is 10.3 Å². The molecule has 1 amide bonds. The molecular weight excluding hydrogens is 314 g/mol. The average molecular weight is 328 g/mol. The first kappa shape index (κ1) is 14.0. The topological polar surface area (TPSA) is 84.3 Å². The summed E-state index contributed by atoms with van der Waals surface area (Å²) in [6.45, 7) is 3.22. The maximum absolute atomic E-state index is 12.2. The summed E-state index contributed by atoms with van der Waals surface area (Å²) in [6.07, 6.45) is 0.725. The van der Waals surface area contributed by atoms with Crippen molar-refractivity contribution < 1.29 is 9.72 Å². The predicted molar refractivity (Wildman–Crippen MR) is 75.0 cm³/mol. The molecule has 1 aliphatic rings. The Morgan fingerprint density at radius 3 is 2.89 bits per heavy atom. The van der Waals surface area contributed by atoms with E-state index in [9.17, 15) is 14.9 Å². The number of nitrogens with one attached hydrogen (secondary N) is 2. The molecule has 0 bridgehead atoms. The number of carbonyl (C=O) groups excluding carboxylic acids is 1. The maximum atomic E-state index is 12.2. The van der Waals surface area contributed by atoms with Gasteiger partial charge >= 0.3 is 0 Å². The van der Waals surface area contributed by atoms with E-state index in [1.165, 1.54) is 12.1 Å². The molecular formula is C12H14BrN3O3. The minimum absolute atomic E-state index is 0.114. The number of nitro benzene ring substituents is 1.